The second-order valence-electron chi connectivity index (χ2n) is 5.52. The summed E-state index contributed by atoms with van der Waals surface area (Å²) in [7, 11) is 0. The van der Waals surface area contributed by atoms with Gasteiger partial charge in [0, 0.05) is 12.5 Å². The molecule has 2 aromatic rings. The zero-order valence-corrected chi connectivity index (χ0v) is 12.2. The first-order valence-corrected chi connectivity index (χ1v) is 7.57. The molecule has 21 heavy (non-hydrogen) atoms. The van der Waals surface area contributed by atoms with Crippen molar-refractivity contribution < 1.29 is 8.91 Å². The van der Waals surface area contributed by atoms with Gasteiger partial charge in [0.1, 0.15) is 5.82 Å². The van der Waals surface area contributed by atoms with Crippen LogP contribution in [0.5, 0.6) is 0 Å². The molecule has 3 rings (SSSR count). The Morgan fingerprint density at radius 2 is 2.19 bits per heavy atom. The van der Waals surface area contributed by atoms with Crippen molar-refractivity contribution in [1.82, 2.24) is 15.5 Å². The summed E-state index contributed by atoms with van der Waals surface area (Å²) in [5, 5.41) is 7.48. The molecular formula is C16H20FN3O. The second kappa shape index (κ2) is 6.35. The van der Waals surface area contributed by atoms with Gasteiger partial charge < -0.3 is 9.84 Å². The minimum Gasteiger partial charge on any atom is -0.339 e. The number of nitrogens with one attached hydrogen (secondary N) is 1. The summed E-state index contributed by atoms with van der Waals surface area (Å²) in [5.41, 5.74) is 0.597. The Labute approximate surface area is 123 Å². The highest BCUT2D eigenvalue weighted by atomic mass is 19.1. The van der Waals surface area contributed by atoms with Crippen molar-refractivity contribution in [2.75, 3.05) is 6.54 Å². The zero-order chi connectivity index (χ0) is 14.7. The van der Waals surface area contributed by atoms with Gasteiger partial charge in [-0.3, -0.25) is 0 Å². The first kappa shape index (κ1) is 14.2. The molecule has 0 aliphatic heterocycles. The molecule has 1 aromatic heterocycles. The van der Waals surface area contributed by atoms with E-state index in [0.717, 1.165) is 19.4 Å². The molecule has 1 saturated carbocycles. The summed E-state index contributed by atoms with van der Waals surface area (Å²) >= 11 is 0. The van der Waals surface area contributed by atoms with Gasteiger partial charge in [0.2, 0.25) is 5.89 Å². The highest BCUT2D eigenvalue weighted by Gasteiger charge is 2.32. The van der Waals surface area contributed by atoms with E-state index in [4.69, 9.17) is 4.52 Å². The van der Waals surface area contributed by atoms with Crippen molar-refractivity contribution in [2.45, 2.75) is 44.6 Å². The predicted octanol–water partition coefficient (Wildman–Crippen LogP) is 3.05. The van der Waals surface area contributed by atoms with Crippen LogP contribution in [0.15, 0.2) is 28.8 Å². The maximum atomic E-state index is 13.6. The molecule has 0 radical (unpaired) electrons. The van der Waals surface area contributed by atoms with E-state index < -0.39 is 0 Å². The number of nitrogens with zero attached hydrogens (tertiary/aromatic N) is 2. The number of halogens is 1. The average Bonchev–Trinajstić information content (AvgIpc) is 3.11. The number of hydrogen-bond donors (Lipinski definition) is 1. The van der Waals surface area contributed by atoms with Gasteiger partial charge in [-0.25, -0.2) is 4.39 Å². The van der Waals surface area contributed by atoms with Gasteiger partial charge in [0.05, 0.1) is 5.92 Å². The first-order chi connectivity index (χ1) is 10.3. The minimum atomic E-state index is -0.227. The minimum absolute atomic E-state index is 0.227. The van der Waals surface area contributed by atoms with Crippen molar-refractivity contribution in [1.29, 1.82) is 0 Å². The summed E-state index contributed by atoms with van der Waals surface area (Å²) in [4.78, 5) is 4.48. The SMILES string of the molecule is CCNC1CCCC1c1nc(Cc2ccccc2F)no1. The molecule has 5 heteroatoms. The van der Waals surface area contributed by atoms with Crippen molar-refractivity contribution >= 4 is 0 Å². The van der Waals surface area contributed by atoms with E-state index in [2.05, 4.69) is 22.4 Å². The Hall–Kier alpha value is -1.75. The van der Waals surface area contributed by atoms with Crippen LogP contribution in [-0.4, -0.2) is 22.7 Å². The third-order valence-corrected chi connectivity index (χ3v) is 4.09. The van der Waals surface area contributed by atoms with Crippen LogP contribution >= 0.6 is 0 Å². The van der Waals surface area contributed by atoms with Crippen molar-refractivity contribution in [2.24, 2.45) is 0 Å². The van der Waals surface area contributed by atoms with Crippen LogP contribution < -0.4 is 5.32 Å². The van der Waals surface area contributed by atoms with Gasteiger partial charge in [-0.1, -0.05) is 36.7 Å². The lowest BCUT2D eigenvalue weighted by Crippen LogP contribution is -2.31. The fraction of sp³-hybridized carbons (Fsp3) is 0.500. The van der Waals surface area contributed by atoms with Gasteiger partial charge in [-0.15, -0.1) is 0 Å². The normalized spacial score (nSPS) is 21.8. The lowest BCUT2D eigenvalue weighted by molar-refractivity contribution is 0.329. The Bertz CT molecular complexity index is 599. The number of hydrogen-bond acceptors (Lipinski definition) is 4. The van der Waals surface area contributed by atoms with Crippen LogP contribution in [0.2, 0.25) is 0 Å². The molecular weight excluding hydrogens is 269 g/mol. The molecule has 4 nitrogen and oxygen atoms in total. The van der Waals surface area contributed by atoms with Gasteiger partial charge in [-0.2, -0.15) is 4.98 Å². The quantitative estimate of drug-likeness (QED) is 0.919. The summed E-state index contributed by atoms with van der Waals surface area (Å²) < 4.78 is 19.1. The molecule has 1 aromatic carbocycles. The van der Waals surface area contributed by atoms with E-state index in [-0.39, 0.29) is 11.7 Å². The highest BCUT2D eigenvalue weighted by Crippen LogP contribution is 2.33. The molecule has 112 valence electrons. The Morgan fingerprint density at radius 1 is 1.33 bits per heavy atom. The van der Waals surface area contributed by atoms with E-state index in [9.17, 15) is 4.39 Å². The van der Waals surface area contributed by atoms with Crippen LogP contribution in [0, 0.1) is 5.82 Å². The average molecular weight is 289 g/mol. The second-order valence-corrected chi connectivity index (χ2v) is 5.52. The monoisotopic (exact) mass is 289 g/mol. The molecule has 1 fully saturated rings. The lowest BCUT2D eigenvalue weighted by atomic mass is 10.0. The Kier molecular flexibility index (Phi) is 4.29. The fourth-order valence-electron chi connectivity index (χ4n) is 3.06. The molecule has 1 heterocycles. The van der Waals surface area contributed by atoms with Crippen molar-refractivity contribution in [3.63, 3.8) is 0 Å². The Morgan fingerprint density at radius 3 is 3.00 bits per heavy atom. The van der Waals surface area contributed by atoms with Crippen LogP contribution in [0.1, 0.15) is 49.4 Å². The van der Waals surface area contributed by atoms with E-state index >= 15 is 0 Å². The summed E-state index contributed by atoms with van der Waals surface area (Å²) in [6, 6.07) is 7.12. The zero-order valence-electron chi connectivity index (χ0n) is 12.2. The smallest absolute Gasteiger partial charge is 0.231 e. The largest absolute Gasteiger partial charge is 0.339 e. The topological polar surface area (TPSA) is 51.0 Å². The summed E-state index contributed by atoms with van der Waals surface area (Å²) in [5.74, 6) is 1.30. The maximum Gasteiger partial charge on any atom is 0.231 e. The maximum absolute atomic E-state index is 13.6. The summed E-state index contributed by atoms with van der Waals surface area (Å²) in [6.45, 7) is 3.05. The molecule has 1 aliphatic rings. The van der Waals surface area contributed by atoms with Crippen LogP contribution in [0.25, 0.3) is 0 Å². The predicted molar refractivity (Wildman–Crippen MR) is 77.6 cm³/mol. The number of aromatic nitrogens is 2. The molecule has 2 atom stereocenters. The van der Waals surface area contributed by atoms with E-state index in [1.165, 1.54) is 12.5 Å². The van der Waals surface area contributed by atoms with Crippen LogP contribution in [0.4, 0.5) is 4.39 Å². The summed E-state index contributed by atoms with van der Waals surface area (Å²) in [6.07, 6.45) is 3.75. The van der Waals surface area contributed by atoms with E-state index in [1.54, 1.807) is 12.1 Å². The third kappa shape index (κ3) is 3.13. The van der Waals surface area contributed by atoms with Gasteiger partial charge in [0.25, 0.3) is 0 Å². The highest BCUT2D eigenvalue weighted by molar-refractivity contribution is 5.21. The Balaban J connectivity index is 1.73. The molecule has 2 unspecified atom stereocenters. The number of likely N-dealkylation sites (N-methyl/N-ethyl adjacent to an activating group) is 1. The van der Waals surface area contributed by atoms with Gasteiger partial charge >= 0.3 is 0 Å². The van der Waals surface area contributed by atoms with Crippen molar-refractivity contribution in [3.05, 3.63) is 47.4 Å². The van der Waals surface area contributed by atoms with Crippen LogP contribution in [-0.2, 0) is 6.42 Å². The van der Waals surface area contributed by atoms with Gasteiger partial charge in [0.15, 0.2) is 5.82 Å². The molecule has 0 amide bonds. The molecule has 1 aliphatic carbocycles. The molecule has 1 N–H and O–H groups in total. The van der Waals surface area contributed by atoms with Crippen molar-refractivity contribution in [3.8, 4) is 0 Å². The fourth-order valence-corrected chi connectivity index (χ4v) is 3.06. The number of benzene rings is 1. The first-order valence-electron chi connectivity index (χ1n) is 7.57. The number of rotatable bonds is 5. The third-order valence-electron chi connectivity index (χ3n) is 4.09. The van der Waals surface area contributed by atoms with E-state index in [0.29, 0.717) is 29.7 Å². The van der Waals surface area contributed by atoms with E-state index in [1.807, 2.05) is 6.07 Å². The van der Waals surface area contributed by atoms with Crippen LogP contribution in [0.3, 0.4) is 0 Å². The molecule has 0 saturated heterocycles. The van der Waals surface area contributed by atoms with Gasteiger partial charge in [-0.05, 0) is 31.0 Å². The lowest BCUT2D eigenvalue weighted by Gasteiger charge is -2.16. The molecule has 0 spiro atoms. The molecule has 0 bridgehead atoms. The standard InChI is InChI=1S/C16H20FN3O/c1-2-18-14-9-5-7-12(14)16-19-15(20-21-16)10-11-6-3-4-8-13(11)17/h3-4,6,8,12,14,18H,2,5,7,9-10H2,1H3.